The Morgan fingerprint density at radius 3 is 2.36 bits per heavy atom. The second-order valence-electron chi connectivity index (χ2n) is 9.13. The molecule has 8 nitrogen and oxygen atoms in total. The Kier molecular flexibility index (Phi) is 7.20. The van der Waals surface area contributed by atoms with Crippen LogP contribution in [0.2, 0.25) is 0 Å². The quantitative estimate of drug-likeness (QED) is 0.662. The minimum atomic E-state index is -0.0824. The van der Waals surface area contributed by atoms with Gasteiger partial charge in [-0.3, -0.25) is 4.79 Å². The Morgan fingerprint density at radius 2 is 1.67 bits per heavy atom. The van der Waals surface area contributed by atoms with Crippen LogP contribution in [0.25, 0.3) is 0 Å². The fourth-order valence-corrected chi connectivity index (χ4v) is 4.82. The van der Waals surface area contributed by atoms with Gasteiger partial charge < -0.3 is 25.0 Å². The van der Waals surface area contributed by atoms with Crippen molar-refractivity contribution in [1.29, 1.82) is 0 Å². The number of benzene rings is 1. The van der Waals surface area contributed by atoms with Crippen LogP contribution in [0.1, 0.15) is 60.1 Å². The van der Waals surface area contributed by atoms with Crippen LogP contribution in [0.15, 0.2) is 18.2 Å². The summed E-state index contributed by atoms with van der Waals surface area (Å²) in [6.07, 6.45) is 8.27. The highest BCUT2D eigenvalue weighted by atomic mass is 16.5. The van der Waals surface area contributed by atoms with E-state index in [0.29, 0.717) is 23.1 Å². The molecule has 1 amide bonds. The van der Waals surface area contributed by atoms with Crippen molar-refractivity contribution in [3.8, 4) is 11.5 Å². The number of ether oxygens (including phenoxy) is 2. The van der Waals surface area contributed by atoms with Gasteiger partial charge in [-0.2, -0.15) is 4.98 Å². The third-order valence-electron chi connectivity index (χ3n) is 6.63. The number of aryl methyl sites for hydroxylation is 1. The number of carbonyl (C=O) groups excluding carboxylic acids is 1. The summed E-state index contributed by atoms with van der Waals surface area (Å²) in [5, 5.41) is 6.74. The van der Waals surface area contributed by atoms with Crippen LogP contribution in [0.4, 0.5) is 11.8 Å². The number of carbonyl (C=O) groups is 1. The zero-order valence-corrected chi connectivity index (χ0v) is 20.1. The molecule has 0 radical (unpaired) electrons. The highest BCUT2D eigenvalue weighted by molar-refractivity contribution is 5.95. The molecule has 1 aromatic carbocycles. The van der Waals surface area contributed by atoms with Crippen molar-refractivity contribution < 1.29 is 14.3 Å². The van der Waals surface area contributed by atoms with E-state index in [4.69, 9.17) is 19.4 Å². The molecular formula is C25H35N5O3. The summed E-state index contributed by atoms with van der Waals surface area (Å²) in [5.41, 5.74) is 3.07. The van der Waals surface area contributed by atoms with Gasteiger partial charge in [-0.1, -0.05) is 0 Å². The number of amides is 1. The van der Waals surface area contributed by atoms with Gasteiger partial charge in [-0.25, -0.2) is 4.98 Å². The molecule has 1 fully saturated rings. The predicted molar refractivity (Wildman–Crippen MR) is 130 cm³/mol. The fourth-order valence-electron chi connectivity index (χ4n) is 4.82. The van der Waals surface area contributed by atoms with Crippen LogP contribution >= 0.6 is 0 Å². The first kappa shape index (κ1) is 23.1. The van der Waals surface area contributed by atoms with E-state index in [2.05, 4.69) is 15.5 Å². The van der Waals surface area contributed by atoms with Gasteiger partial charge in [-0.15, -0.1) is 0 Å². The summed E-state index contributed by atoms with van der Waals surface area (Å²) >= 11 is 0. The van der Waals surface area contributed by atoms with E-state index in [1.807, 2.05) is 14.1 Å². The van der Waals surface area contributed by atoms with Gasteiger partial charge in [0.2, 0.25) is 5.95 Å². The molecule has 0 aliphatic heterocycles. The monoisotopic (exact) mass is 453 g/mol. The number of nitrogens with zero attached hydrogens (tertiary/aromatic N) is 3. The normalized spacial score (nSPS) is 19.9. The number of hydrogen-bond donors (Lipinski definition) is 2. The highest BCUT2D eigenvalue weighted by Crippen LogP contribution is 2.30. The molecule has 0 atom stereocenters. The highest BCUT2D eigenvalue weighted by Gasteiger charge is 2.25. The molecule has 2 aliphatic rings. The van der Waals surface area contributed by atoms with E-state index in [1.54, 1.807) is 32.4 Å². The summed E-state index contributed by atoms with van der Waals surface area (Å²) < 4.78 is 10.6. The number of anilines is 2. The molecule has 4 rings (SSSR count). The summed E-state index contributed by atoms with van der Waals surface area (Å²) in [6, 6.07) is 5.72. The minimum absolute atomic E-state index is 0.0824. The van der Waals surface area contributed by atoms with Crippen molar-refractivity contribution in [1.82, 2.24) is 15.3 Å². The van der Waals surface area contributed by atoms with Gasteiger partial charge in [0, 0.05) is 37.3 Å². The molecule has 1 aromatic heterocycles. The first-order valence-corrected chi connectivity index (χ1v) is 11.8. The van der Waals surface area contributed by atoms with Gasteiger partial charge in [0.25, 0.3) is 5.91 Å². The maximum Gasteiger partial charge on any atom is 0.251 e. The topological polar surface area (TPSA) is 88.6 Å². The average molecular weight is 454 g/mol. The molecule has 0 unspecified atom stereocenters. The van der Waals surface area contributed by atoms with Gasteiger partial charge >= 0.3 is 0 Å². The van der Waals surface area contributed by atoms with Crippen molar-refractivity contribution in [3.05, 3.63) is 35.0 Å². The smallest absolute Gasteiger partial charge is 0.251 e. The van der Waals surface area contributed by atoms with Crippen molar-refractivity contribution in [2.45, 2.75) is 63.5 Å². The average Bonchev–Trinajstić information content (AvgIpc) is 2.84. The lowest BCUT2D eigenvalue weighted by Crippen LogP contribution is -2.40. The number of nitrogens with one attached hydrogen (secondary N) is 2. The maximum absolute atomic E-state index is 12.7. The van der Waals surface area contributed by atoms with Crippen molar-refractivity contribution >= 4 is 17.7 Å². The second-order valence-corrected chi connectivity index (χ2v) is 9.13. The van der Waals surface area contributed by atoms with Gasteiger partial charge in [0.05, 0.1) is 19.9 Å². The zero-order chi connectivity index (χ0) is 23.4. The fraction of sp³-hybridized carbons (Fsp3) is 0.560. The molecule has 0 saturated heterocycles. The Labute approximate surface area is 196 Å². The van der Waals surface area contributed by atoms with Crippen LogP contribution < -0.4 is 25.0 Å². The number of aromatic nitrogens is 2. The van der Waals surface area contributed by atoms with E-state index in [0.717, 1.165) is 50.3 Å². The Morgan fingerprint density at radius 1 is 0.970 bits per heavy atom. The first-order chi connectivity index (χ1) is 16.0. The number of rotatable bonds is 7. The molecule has 2 aromatic rings. The van der Waals surface area contributed by atoms with Gasteiger partial charge in [0.1, 0.15) is 5.82 Å². The largest absolute Gasteiger partial charge is 0.493 e. The lowest BCUT2D eigenvalue weighted by atomic mass is 9.91. The summed E-state index contributed by atoms with van der Waals surface area (Å²) in [5.74, 6) is 2.86. The molecule has 33 heavy (non-hydrogen) atoms. The van der Waals surface area contributed by atoms with Crippen molar-refractivity contribution in [2.24, 2.45) is 0 Å². The molecule has 1 heterocycles. The van der Waals surface area contributed by atoms with E-state index in [-0.39, 0.29) is 11.9 Å². The molecule has 0 spiro atoms. The van der Waals surface area contributed by atoms with Crippen molar-refractivity contribution in [2.75, 3.05) is 38.5 Å². The van der Waals surface area contributed by atoms with Crippen LogP contribution in [-0.4, -0.2) is 56.3 Å². The zero-order valence-electron chi connectivity index (χ0n) is 20.1. The van der Waals surface area contributed by atoms with E-state index < -0.39 is 0 Å². The molecular weight excluding hydrogens is 418 g/mol. The second kappa shape index (κ2) is 10.3. The third-order valence-corrected chi connectivity index (χ3v) is 6.63. The predicted octanol–water partition coefficient (Wildman–Crippen LogP) is 3.59. The number of hydrogen-bond acceptors (Lipinski definition) is 7. The standard InChI is InChI=1S/C25H35N5O3/c1-30(2)23-19-7-5-6-8-20(19)28-25(29-23)27-18-12-10-17(11-13-18)26-24(31)16-9-14-21(32-3)22(15-16)33-4/h9,14-15,17-18H,5-8,10-13H2,1-4H3,(H,26,31)(H,27,28,29). The molecule has 2 aliphatic carbocycles. The Bertz CT molecular complexity index is 986. The van der Waals surface area contributed by atoms with Crippen molar-refractivity contribution in [3.63, 3.8) is 0 Å². The molecule has 2 N–H and O–H groups in total. The number of fused-ring (bicyclic) bond motifs is 1. The Balaban J connectivity index is 1.34. The summed E-state index contributed by atoms with van der Waals surface area (Å²) in [4.78, 5) is 24.5. The molecule has 178 valence electrons. The summed E-state index contributed by atoms with van der Waals surface area (Å²) in [6.45, 7) is 0. The van der Waals surface area contributed by atoms with Gasteiger partial charge in [0.15, 0.2) is 11.5 Å². The lowest BCUT2D eigenvalue weighted by molar-refractivity contribution is 0.0926. The van der Waals surface area contributed by atoms with Crippen LogP contribution in [0.3, 0.4) is 0 Å². The molecule has 8 heteroatoms. The maximum atomic E-state index is 12.7. The van der Waals surface area contributed by atoms with Crippen LogP contribution in [0.5, 0.6) is 11.5 Å². The van der Waals surface area contributed by atoms with Crippen LogP contribution in [0, 0.1) is 0 Å². The summed E-state index contributed by atoms with van der Waals surface area (Å²) in [7, 11) is 7.25. The van der Waals surface area contributed by atoms with E-state index >= 15 is 0 Å². The Hall–Kier alpha value is -3.03. The van der Waals surface area contributed by atoms with E-state index in [1.165, 1.54) is 24.1 Å². The lowest BCUT2D eigenvalue weighted by Gasteiger charge is -2.30. The number of methoxy groups -OCH3 is 2. The minimum Gasteiger partial charge on any atom is -0.493 e. The molecule has 1 saturated carbocycles. The first-order valence-electron chi connectivity index (χ1n) is 11.8. The van der Waals surface area contributed by atoms with Crippen LogP contribution in [-0.2, 0) is 12.8 Å². The van der Waals surface area contributed by atoms with Gasteiger partial charge in [-0.05, 0) is 69.6 Å². The molecule has 0 bridgehead atoms. The third kappa shape index (κ3) is 5.31. The SMILES string of the molecule is COc1ccc(C(=O)NC2CCC(Nc3nc4c(c(N(C)C)n3)CCCC4)CC2)cc1OC. The van der Waals surface area contributed by atoms with E-state index in [9.17, 15) is 4.79 Å².